The standard InChI is InChI=1S/C8H12O2/c1-4-7(5-2)8(9)10-6-3/h4,6H,3,5H2,1-2H3. The minimum Gasteiger partial charge on any atom is -0.432 e. The maximum atomic E-state index is 10.8. The number of carbonyl (C=O) groups is 1. The van der Waals surface area contributed by atoms with Crippen LogP contribution in [0.4, 0.5) is 0 Å². The van der Waals surface area contributed by atoms with E-state index in [0.29, 0.717) is 12.0 Å². The molecule has 0 aliphatic carbocycles. The van der Waals surface area contributed by atoms with Crippen molar-refractivity contribution in [2.45, 2.75) is 20.3 Å². The lowest BCUT2D eigenvalue weighted by Crippen LogP contribution is -2.02. The summed E-state index contributed by atoms with van der Waals surface area (Å²) in [6, 6.07) is 0. The molecule has 0 radical (unpaired) electrons. The van der Waals surface area contributed by atoms with E-state index in [0.717, 1.165) is 6.26 Å². The first-order valence-corrected chi connectivity index (χ1v) is 3.23. The molecular formula is C8H12O2. The van der Waals surface area contributed by atoms with Gasteiger partial charge in [0.2, 0.25) is 0 Å². The van der Waals surface area contributed by atoms with Gasteiger partial charge in [0, 0.05) is 5.57 Å². The van der Waals surface area contributed by atoms with Crippen LogP contribution >= 0.6 is 0 Å². The van der Waals surface area contributed by atoms with Crippen LogP contribution in [0.15, 0.2) is 24.5 Å². The van der Waals surface area contributed by atoms with E-state index >= 15 is 0 Å². The van der Waals surface area contributed by atoms with E-state index in [1.54, 1.807) is 6.08 Å². The Labute approximate surface area is 61.2 Å². The van der Waals surface area contributed by atoms with Gasteiger partial charge in [-0.25, -0.2) is 4.79 Å². The molecule has 2 heteroatoms. The number of allylic oxidation sites excluding steroid dienone is 1. The molecule has 0 aromatic heterocycles. The molecule has 0 fully saturated rings. The molecule has 0 N–H and O–H groups in total. The van der Waals surface area contributed by atoms with Crippen LogP contribution in [0, 0.1) is 0 Å². The quantitative estimate of drug-likeness (QED) is 0.340. The second-order valence-electron chi connectivity index (χ2n) is 1.74. The zero-order valence-electron chi connectivity index (χ0n) is 6.39. The summed E-state index contributed by atoms with van der Waals surface area (Å²) in [6.45, 7) is 6.99. The SMILES string of the molecule is C=COC(=O)C(=CC)CC. The molecule has 0 aromatic carbocycles. The molecule has 0 aliphatic heterocycles. The largest absolute Gasteiger partial charge is 0.432 e. The molecule has 0 rings (SSSR count). The molecule has 0 saturated heterocycles. The van der Waals surface area contributed by atoms with Gasteiger partial charge in [0.05, 0.1) is 6.26 Å². The van der Waals surface area contributed by atoms with Gasteiger partial charge in [-0.3, -0.25) is 0 Å². The van der Waals surface area contributed by atoms with Crippen molar-refractivity contribution in [3.63, 3.8) is 0 Å². The Morgan fingerprint density at radius 2 is 2.30 bits per heavy atom. The predicted molar refractivity (Wildman–Crippen MR) is 40.3 cm³/mol. The predicted octanol–water partition coefficient (Wildman–Crippen LogP) is 2.03. The van der Waals surface area contributed by atoms with Crippen LogP contribution < -0.4 is 0 Å². The third-order valence-corrected chi connectivity index (χ3v) is 1.18. The number of ether oxygens (including phenoxy) is 1. The fourth-order valence-electron chi connectivity index (χ4n) is 0.618. The minimum atomic E-state index is -0.306. The van der Waals surface area contributed by atoms with Gasteiger partial charge in [-0.05, 0) is 13.3 Å². The topological polar surface area (TPSA) is 26.3 Å². The smallest absolute Gasteiger partial charge is 0.338 e. The number of hydrogen-bond acceptors (Lipinski definition) is 2. The third kappa shape index (κ3) is 2.49. The van der Waals surface area contributed by atoms with Gasteiger partial charge >= 0.3 is 5.97 Å². The van der Waals surface area contributed by atoms with Crippen molar-refractivity contribution < 1.29 is 9.53 Å². The lowest BCUT2D eigenvalue weighted by Gasteiger charge is -1.98. The summed E-state index contributed by atoms with van der Waals surface area (Å²) >= 11 is 0. The summed E-state index contributed by atoms with van der Waals surface area (Å²) in [5.74, 6) is -0.306. The number of hydrogen-bond donors (Lipinski definition) is 0. The first-order chi connectivity index (χ1) is 4.76. The average molecular weight is 140 g/mol. The zero-order valence-corrected chi connectivity index (χ0v) is 6.39. The normalized spacial score (nSPS) is 10.8. The second kappa shape index (κ2) is 4.79. The summed E-state index contributed by atoms with van der Waals surface area (Å²) in [7, 11) is 0. The average Bonchev–Trinajstić information content (AvgIpc) is 1.91. The highest BCUT2D eigenvalue weighted by Crippen LogP contribution is 2.02. The second-order valence-corrected chi connectivity index (χ2v) is 1.74. The molecule has 0 bridgehead atoms. The summed E-state index contributed by atoms with van der Waals surface area (Å²) < 4.78 is 4.54. The fourth-order valence-corrected chi connectivity index (χ4v) is 0.618. The molecule has 2 nitrogen and oxygen atoms in total. The van der Waals surface area contributed by atoms with Crippen molar-refractivity contribution in [2.75, 3.05) is 0 Å². The Morgan fingerprint density at radius 3 is 2.60 bits per heavy atom. The first kappa shape index (κ1) is 8.95. The Kier molecular flexibility index (Phi) is 4.29. The molecule has 0 aromatic rings. The Hall–Kier alpha value is -1.05. The minimum absolute atomic E-state index is 0.306. The van der Waals surface area contributed by atoms with Gasteiger partial charge in [0.15, 0.2) is 0 Å². The lowest BCUT2D eigenvalue weighted by molar-refractivity contribution is -0.133. The van der Waals surface area contributed by atoms with Crippen molar-refractivity contribution in [1.29, 1.82) is 0 Å². The third-order valence-electron chi connectivity index (χ3n) is 1.18. The maximum Gasteiger partial charge on any atom is 0.338 e. The summed E-state index contributed by atoms with van der Waals surface area (Å²) in [5.41, 5.74) is 0.680. The molecule has 0 aliphatic rings. The Morgan fingerprint density at radius 1 is 1.70 bits per heavy atom. The van der Waals surface area contributed by atoms with Crippen molar-refractivity contribution in [1.82, 2.24) is 0 Å². The van der Waals surface area contributed by atoms with Crippen molar-refractivity contribution in [3.8, 4) is 0 Å². The van der Waals surface area contributed by atoms with Crippen molar-refractivity contribution in [3.05, 3.63) is 24.5 Å². The molecule has 56 valence electrons. The van der Waals surface area contributed by atoms with Crippen molar-refractivity contribution >= 4 is 5.97 Å². The van der Waals surface area contributed by atoms with E-state index in [2.05, 4.69) is 11.3 Å². The van der Waals surface area contributed by atoms with E-state index in [1.807, 2.05) is 13.8 Å². The first-order valence-electron chi connectivity index (χ1n) is 3.23. The number of carbonyl (C=O) groups excluding carboxylic acids is 1. The van der Waals surface area contributed by atoms with E-state index in [-0.39, 0.29) is 5.97 Å². The van der Waals surface area contributed by atoms with Gasteiger partial charge in [-0.15, -0.1) is 0 Å². The Bertz CT molecular complexity index is 157. The van der Waals surface area contributed by atoms with Gasteiger partial charge in [-0.2, -0.15) is 0 Å². The lowest BCUT2D eigenvalue weighted by atomic mass is 10.2. The molecule has 0 spiro atoms. The summed E-state index contributed by atoms with van der Waals surface area (Å²) in [6.07, 6.45) is 3.58. The van der Waals surface area contributed by atoms with E-state index < -0.39 is 0 Å². The van der Waals surface area contributed by atoms with Crippen LogP contribution in [0.25, 0.3) is 0 Å². The van der Waals surface area contributed by atoms with Crippen LogP contribution in [0.1, 0.15) is 20.3 Å². The van der Waals surface area contributed by atoms with E-state index in [4.69, 9.17) is 0 Å². The molecule has 0 saturated carbocycles. The molecule has 0 amide bonds. The van der Waals surface area contributed by atoms with Gasteiger partial charge in [0.1, 0.15) is 0 Å². The highest BCUT2D eigenvalue weighted by molar-refractivity contribution is 5.88. The van der Waals surface area contributed by atoms with Gasteiger partial charge < -0.3 is 4.74 Å². The van der Waals surface area contributed by atoms with Gasteiger partial charge in [-0.1, -0.05) is 19.6 Å². The zero-order chi connectivity index (χ0) is 7.98. The van der Waals surface area contributed by atoms with Crippen LogP contribution in [0.2, 0.25) is 0 Å². The van der Waals surface area contributed by atoms with Crippen LogP contribution in [0.3, 0.4) is 0 Å². The van der Waals surface area contributed by atoms with E-state index in [9.17, 15) is 4.79 Å². The number of rotatable bonds is 3. The molecule has 10 heavy (non-hydrogen) atoms. The highest BCUT2D eigenvalue weighted by atomic mass is 16.5. The molecule has 0 unspecified atom stereocenters. The maximum absolute atomic E-state index is 10.8. The summed E-state index contributed by atoms with van der Waals surface area (Å²) in [4.78, 5) is 10.8. The highest BCUT2D eigenvalue weighted by Gasteiger charge is 2.04. The van der Waals surface area contributed by atoms with Crippen LogP contribution in [-0.4, -0.2) is 5.97 Å². The van der Waals surface area contributed by atoms with Crippen molar-refractivity contribution in [2.24, 2.45) is 0 Å². The van der Waals surface area contributed by atoms with Crippen LogP contribution in [0.5, 0.6) is 0 Å². The van der Waals surface area contributed by atoms with E-state index in [1.165, 1.54) is 0 Å². The molecular weight excluding hydrogens is 128 g/mol. The van der Waals surface area contributed by atoms with Gasteiger partial charge in [0.25, 0.3) is 0 Å². The monoisotopic (exact) mass is 140 g/mol. The number of esters is 1. The Balaban J connectivity index is 4.03. The molecule has 0 atom stereocenters. The summed E-state index contributed by atoms with van der Waals surface area (Å²) in [5, 5.41) is 0. The molecule has 0 heterocycles. The van der Waals surface area contributed by atoms with Crippen LogP contribution in [-0.2, 0) is 9.53 Å². The fraction of sp³-hybridized carbons (Fsp3) is 0.375.